The molecule has 2 aromatic carbocycles. The van der Waals surface area contributed by atoms with Gasteiger partial charge in [0, 0.05) is 46.0 Å². The maximum absolute atomic E-state index is 12.7. The third-order valence-electron chi connectivity index (χ3n) is 4.56. The molecule has 1 aliphatic rings. The van der Waals surface area contributed by atoms with Crippen LogP contribution in [-0.2, 0) is 6.54 Å². The molecule has 1 heterocycles. The number of carbonyl (C=O) groups excluding carboxylic acids is 3. The fraction of sp³-hybridized carbons (Fsp3) is 0.250. The molecule has 0 atom stereocenters. The minimum Gasteiger partial charge on any atom is -0.378 e. The SMILES string of the molecule is CN(Cc1ccc(N(C)C)cc1)C(=O)c1ccc2c(c1)C(=O)N(C)C2=O. The highest BCUT2D eigenvalue weighted by Gasteiger charge is 2.33. The van der Waals surface area contributed by atoms with E-state index >= 15 is 0 Å². The number of hydrogen-bond acceptors (Lipinski definition) is 4. The first kappa shape index (κ1) is 17.7. The molecule has 0 unspecified atom stereocenters. The number of amides is 3. The zero-order chi connectivity index (χ0) is 19.0. The smallest absolute Gasteiger partial charge is 0.261 e. The van der Waals surface area contributed by atoms with Crippen molar-refractivity contribution in [3.05, 3.63) is 64.7 Å². The second kappa shape index (κ2) is 6.63. The lowest BCUT2D eigenvalue weighted by atomic mass is 10.0. The Hall–Kier alpha value is -3.15. The van der Waals surface area contributed by atoms with Gasteiger partial charge in [-0.1, -0.05) is 12.1 Å². The van der Waals surface area contributed by atoms with Gasteiger partial charge < -0.3 is 9.80 Å². The summed E-state index contributed by atoms with van der Waals surface area (Å²) < 4.78 is 0. The molecule has 0 radical (unpaired) electrons. The van der Waals surface area contributed by atoms with Gasteiger partial charge in [-0.15, -0.1) is 0 Å². The molecule has 0 N–H and O–H groups in total. The van der Waals surface area contributed by atoms with Gasteiger partial charge in [-0.25, -0.2) is 0 Å². The van der Waals surface area contributed by atoms with E-state index in [-0.39, 0.29) is 23.3 Å². The summed E-state index contributed by atoms with van der Waals surface area (Å²) in [5.41, 5.74) is 3.13. The van der Waals surface area contributed by atoms with E-state index < -0.39 is 0 Å². The molecule has 134 valence electrons. The maximum Gasteiger partial charge on any atom is 0.261 e. The van der Waals surface area contributed by atoms with Crippen LogP contribution in [0.5, 0.6) is 0 Å². The van der Waals surface area contributed by atoms with Gasteiger partial charge in [0.05, 0.1) is 11.1 Å². The standard InChI is InChI=1S/C20H21N3O3/c1-21(2)15-8-5-13(6-9-15)12-22(3)18(24)14-7-10-16-17(11-14)20(26)23(4)19(16)25/h5-11H,12H2,1-4H3. The predicted octanol–water partition coefficient (Wildman–Crippen LogP) is 2.25. The molecule has 26 heavy (non-hydrogen) atoms. The number of hydrogen-bond donors (Lipinski definition) is 0. The lowest BCUT2D eigenvalue weighted by Crippen LogP contribution is -2.26. The van der Waals surface area contributed by atoms with E-state index in [4.69, 9.17) is 0 Å². The van der Waals surface area contributed by atoms with Crippen LogP contribution in [0.2, 0.25) is 0 Å². The lowest BCUT2D eigenvalue weighted by molar-refractivity contribution is 0.0692. The minimum atomic E-state index is -0.374. The monoisotopic (exact) mass is 351 g/mol. The number of nitrogens with zero attached hydrogens (tertiary/aromatic N) is 3. The molecular formula is C20H21N3O3. The first-order valence-electron chi connectivity index (χ1n) is 8.27. The first-order valence-corrected chi connectivity index (χ1v) is 8.27. The normalized spacial score (nSPS) is 13.0. The van der Waals surface area contributed by atoms with Crippen molar-refractivity contribution in [2.24, 2.45) is 0 Å². The molecule has 3 rings (SSSR count). The van der Waals surface area contributed by atoms with Crippen LogP contribution in [0.4, 0.5) is 5.69 Å². The minimum absolute atomic E-state index is 0.195. The van der Waals surface area contributed by atoms with Gasteiger partial charge >= 0.3 is 0 Å². The van der Waals surface area contributed by atoms with E-state index in [1.807, 2.05) is 43.3 Å². The molecule has 0 aliphatic carbocycles. The van der Waals surface area contributed by atoms with Crippen molar-refractivity contribution < 1.29 is 14.4 Å². The summed E-state index contributed by atoms with van der Waals surface area (Å²) >= 11 is 0. The zero-order valence-corrected chi connectivity index (χ0v) is 15.3. The van der Waals surface area contributed by atoms with Gasteiger partial charge in [0.25, 0.3) is 17.7 Å². The highest BCUT2D eigenvalue weighted by atomic mass is 16.2. The number of benzene rings is 2. The lowest BCUT2D eigenvalue weighted by Gasteiger charge is -2.19. The van der Waals surface area contributed by atoms with Crippen LogP contribution < -0.4 is 4.90 Å². The zero-order valence-electron chi connectivity index (χ0n) is 15.3. The molecule has 1 aliphatic heterocycles. The molecular weight excluding hydrogens is 330 g/mol. The number of carbonyl (C=O) groups is 3. The number of anilines is 1. The van der Waals surface area contributed by atoms with Crippen molar-refractivity contribution >= 4 is 23.4 Å². The molecule has 0 aromatic heterocycles. The van der Waals surface area contributed by atoms with E-state index in [0.717, 1.165) is 16.2 Å². The van der Waals surface area contributed by atoms with Crippen molar-refractivity contribution in [3.63, 3.8) is 0 Å². The summed E-state index contributed by atoms with van der Waals surface area (Å²) in [6.07, 6.45) is 0. The van der Waals surface area contributed by atoms with Crippen LogP contribution in [0.25, 0.3) is 0 Å². The molecule has 0 saturated carbocycles. The maximum atomic E-state index is 12.7. The summed E-state index contributed by atoms with van der Waals surface area (Å²) in [6.45, 7) is 0.455. The Morgan fingerprint density at radius 2 is 1.54 bits per heavy atom. The van der Waals surface area contributed by atoms with E-state index in [1.165, 1.54) is 13.1 Å². The van der Waals surface area contributed by atoms with Crippen LogP contribution in [0, 0.1) is 0 Å². The molecule has 6 nitrogen and oxygen atoms in total. The van der Waals surface area contributed by atoms with Gasteiger partial charge in [-0.3, -0.25) is 19.3 Å². The van der Waals surface area contributed by atoms with Crippen molar-refractivity contribution in [3.8, 4) is 0 Å². The molecule has 2 aromatic rings. The summed E-state index contributed by atoms with van der Waals surface area (Å²) in [7, 11) is 7.11. The van der Waals surface area contributed by atoms with Crippen molar-refractivity contribution in [1.29, 1.82) is 0 Å². The Kier molecular flexibility index (Phi) is 4.50. The van der Waals surface area contributed by atoms with Crippen molar-refractivity contribution in [2.75, 3.05) is 33.1 Å². The molecule has 6 heteroatoms. The predicted molar refractivity (Wildman–Crippen MR) is 99.4 cm³/mol. The van der Waals surface area contributed by atoms with E-state index in [2.05, 4.69) is 0 Å². The van der Waals surface area contributed by atoms with Crippen LogP contribution in [-0.4, -0.2) is 55.7 Å². The third kappa shape index (κ3) is 3.06. The fourth-order valence-electron chi connectivity index (χ4n) is 2.96. The van der Waals surface area contributed by atoms with E-state index in [0.29, 0.717) is 17.7 Å². The summed E-state index contributed by atoms with van der Waals surface area (Å²) in [6, 6.07) is 12.6. The highest BCUT2D eigenvalue weighted by Crippen LogP contribution is 2.23. The molecule has 0 spiro atoms. The first-order chi connectivity index (χ1) is 12.3. The fourth-order valence-corrected chi connectivity index (χ4v) is 2.96. The van der Waals surface area contributed by atoms with Gasteiger partial charge in [0.15, 0.2) is 0 Å². The van der Waals surface area contributed by atoms with Crippen LogP contribution in [0.1, 0.15) is 36.6 Å². The Labute approximate surface area is 152 Å². The Morgan fingerprint density at radius 1 is 0.923 bits per heavy atom. The van der Waals surface area contributed by atoms with E-state index in [9.17, 15) is 14.4 Å². The molecule has 0 fully saturated rings. The van der Waals surface area contributed by atoms with Crippen molar-refractivity contribution in [1.82, 2.24) is 9.80 Å². The van der Waals surface area contributed by atoms with Crippen LogP contribution in [0.15, 0.2) is 42.5 Å². The Morgan fingerprint density at radius 3 is 2.15 bits per heavy atom. The second-order valence-electron chi connectivity index (χ2n) is 6.65. The molecule has 0 saturated heterocycles. The average Bonchev–Trinajstić information content (AvgIpc) is 2.85. The van der Waals surface area contributed by atoms with Gasteiger partial charge in [0.2, 0.25) is 0 Å². The van der Waals surface area contributed by atoms with Crippen LogP contribution >= 0.6 is 0 Å². The second-order valence-corrected chi connectivity index (χ2v) is 6.65. The van der Waals surface area contributed by atoms with Gasteiger partial charge in [-0.2, -0.15) is 0 Å². The highest BCUT2D eigenvalue weighted by molar-refractivity contribution is 6.21. The van der Waals surface area contributed by atoms with Gasteiger partial charge in [0.1, 0.15) is 0 Å². The van der Waals surface area contributed by atoms with Crippen molar-refractivity contribution in [2.45, 2.75) is 6.54 Å². The molecule has 3 amide bonds. The topological polar surface area (TPSA) is 60.9 Å². The largest absolute Gasteiger partial charge is 0.378 e. The summed E-state index contributed by atoms with van der Waals surface area (Å²) in [5, 5.41) is 0. The number of fused-ring (bicyclic) bond motifs is 1. The summed E-state index contributed by atoms with van der Waals surface area (Å²) in [4.78, 5) is 41.4. The quantitative estimate of drug-likeness (QED) is 0.793. The number of imide groups is 1. The average molecular weight is 351 g/mol. The van der Waals surface area contributed by atoms with E-state index in [1.54, 1.807) is 24.1 Å². The van der Waals surface area contributed by atoms with Gasteiger partial charge in [-0.05, 0) is 35.9 Å². The Balaban J connectivity index is 1.77. The summed E-state index contributed by atoms with van der Waals surface area (Å²) in [5.74, 6) is -0.904. The molecule has 0 bridgehead atoms. The third-order valence-corrected chi connectivity index (χ3v) is 4.56. The Bertz CT molecular complexity index is 888. The van der Waals surface area contributed by atoms with Crippen LogP contribution in [0.3, 0.4) is 0 Å². The number of rotatable bonds is 4.